The third-order valence-electron chi connectivity index (χ3n) is 3.52. The predicted molar refractivity (Wildman–Crippen MR) is 77.9 cm³/mol. The van der Waals surface area contributed by atoms with Gasteiger partial charge in [0.25, 0.3) is 5.91 Å². The van der Waals surface area contributed by atoms with Crippen LogP contribution in [0.3, 0.4) is 0 Å². The maximum absolute atomic E-state index is 11.8. The van der Waals surface area contributed by atoms with Gasteiger partial charge in [-0.05, 0) is 31.0 Å². The van der Waals surface area contributed by atoms with E-state index in [2.05, 4.69) is 5.32 Å². The lowest BCUT2D eigenvalue weighted by molar-refractivity contribution is -0.124. The fraction of sp³-hybridized carbons (Fsp3) is 0.533. The molecule has 20 heavy (non-hydrogen) atoms. The Morgan fingerprint density at radius 2 is 2.10 bits per heavy atom. The molecule has 0 atom stereocenters. The average molecular weight is 298 g/mol. The molecule has 1 fully saturated rings. The van der Waals surface area contributed by atoms with Gasteiger partial charge in [-0.3, -0.25) is 4.79 Å². The van der Waals surface area contributed by atoms with Crippen molar-refractivity contribution < 1.29 is 14.6 Å². The van der Waals surface area contributed by atoms with Crippen LogP contribution in [0.4, 0.5) is 0 Å². The maximum atomic E-state index is 11.8. The highest BCUT2D eigenvalue weighted by Crippen LogP contribution is 2.23. The number of aliphatic hydroxyl groups excluding tert-OH is 1. The SMILES string of the molecule is O=C(COc1ccc(Cl)cc1CO)NC1CCCCC1. The van der Waals surface area contributed by atoms with E-state index in [0.29, 0.717) is 16.3 Å². The quantitative estimate of drug-likeness (QED) is 0.878. The second kappa shape index (κ2) is 7.50. The Morgan fingerprint density at radius 3 is 2.80 bits per heavy atom. The molecule has 1 aromatic rings. The zero-order valence-electron chi connectivity index (χ0n) is 11.4. The van der Waals surface area contributed by atoms with Crippen LogP contribution < -0.4 is 10.1 Å². The molecular formula is C15H20ClNO3. The van der Waals surface area contributed by atoms with Crippen LogP contribution >= 0.6 is 11.6 Å². The Hall–Kier alpha value is -1.26. The molecule has 0 spiro atoms. The topological polar surface area (TPSA) is 58.6 Å². The molecule has 0 radical (unpaired) electrons. The third kappa shape index (κ3) is 4.39. The van der Waals surface area contributed by atoms with Crippen LogP contribution in [0.2, 0.25) is 5.02 Å². The summed E-state index contributed by atoms with van der Waals surface area (Å²) in [7, 11) is 0. The van der Waals surface area contributed by atoms with Crippen molar-refractivity contribution in [2.24, 2.45) is 0 Å². The van der Waals surface area contributed by atoms with Gasteiger partial charge < -0.3 is 15.2 Å². The Bertz CT molecular complexity index is 458. The maximum Gasteiger partial charge on any atom is 0.258 e. The molecule has 5 heteroatoms. The van der Waals surface area contributed by atoms with Crippen LogP contribution in [0.15, 0.2) is 18.2 Å². The summed E-state index contributed by atoms with van der Waals surface area (Å²) in [6.45, 7) is -0.203. The van der Waals surface area contributed by atoms with E-state index in [0.717, 1.165) is 12.8 Å². The van der Waals surface area contributed by atoms with Crippen LogP contribution in [-0.4, -0.2) is 23.7 Å². The fourth-order valence-corrected chi connectivity index (χ4v) is 2.67. The summed E-state index contributed by atoms with van der Waals surface area (Å²) in [5, 5.41) is 12.8. The van der Waals surface area contributed by atoms with Crippen LogP contribution in [0, 0.1) is 0 Å². The lowest BCUT2D eigenvalue weighted by atomic mass is 9.95. The first-order valence-corrected chi connectivity index (χ1v) is 7.38. The van der Waals surface area contributed by atoms with Crippen LogP contribution in [0.25, 0.3) is 0 Å². The molecule has 0 saturated heterocycles. The zero-order chi connectivity index (χ0) is 14.4. The van der Waals surface area contributed by atoms with Crippen LogP contribution in [0.5, 0.6) is 5.75 Å². The summed E-state index contributed by atoms with van der Waals surface area (Å²) >= 11 is 5.84. The van der Waals surface area contributed by atoms with Crippen molar-refractivity contribution in [1.29, 1.82) is 0 Å². The fourth-order valence-electron chi connectivity index (χ4n) is 2.47. The average Bonchev–Trinajstić information content (AvgIpc) is 2.47. The molecule has 0 aliphatic heterocycles. The van der Waals surface area contributed by atoms with E-state index in [4.69, 9.17) is 16.3 Å². The Balaban J connectivity index is 1.83. The molecule has 1 aliphatic rings. The van der Waals surface area contributed by atoms with Gasteiger partial charge in [0.1, 0.15) is 5.75 Å². The monoisotopic (exact) mass is 297 g/mol. The zero-order valence-corrected chi connectivity index (χ0v) is 12.2. The summed E-state index contributed by atoms with van der Waals surface area (Å²) in [5.74, 6) is 0.381. The highest BCUT2D eigenvalue weighted by molar-refractivity contribution is 6.30. The van der Waals surface area contributed by atoms with Crippen molar-refractivity contribution in [3.05, 3.63) is 28.8 Å². The molecule has 0 unspecified atom stereocenters. The number of nitrogens with one attached hydrogen (secondary N) is 1. The first-order chi connectivity index (χ1) is 9.69. The largest absolute Gasteiger partial charge is 0.483 e. The first-order valence-electron chi connectivity index (χ1n) is 7.00. The molecule has 0 aromatic heterocycles. The lowest BCUT2D eigenvalue weighted by Crippen LogP contribution is -2.39. The number of carbonyl (C=O) groups is 1. The number of hydrogen-bond donors (Lipinski definition) is 2. The predicted octanol–water partition coefficient (Wildman–Crippen LogP) is 2.66. The van der Waals surface area contributed by atoms with Gasteiger partial charge in [-0.25, -0.2) is 0 Å². The molecular weight excluding hydrogens is 278 g/mol. The highest BCUT2D eigenvalue weighted by atomic mass is 35.5. The number of carbonyl (C=O) groups excluding carboxylic acids is 1. The van der Waals surface area contributed by atoms with Crippen molar-refractivity contribution in [2.75, 3.05) is 6.61 Å². The van der Waals surface area contributed by atoms with E-state index >= 15 is 0 Å². The molecule has 0 bridgehead atoms. The van der Waals surface area contributed by atoms with Crippen LogP contribution in [0.1, 0.15) is 37.7 Å². The van der Waals surface area contributed by atoms with Crippen molar-refractivity contribution in [1.82, 2.24) is 5.32 Å². The number of hydrogen-bond acceptors (Lipinski definition) is 3. The van der Waals surface area contributed by atoms with Crippen LogP contribution in [-0.2, 0) is 11.4 Å². The van der Waals surface area contributed by atoms with E-state index in [1.807, 2.05) is 0 Å². The molecule has 0 heterocycles. The second-order valence-corrected chi connectivity index (χ2v) is 5.54. The van der Waals surface area contributed by atoms with Crippen molar-refractivity contribution in [3.8, 4) is 5.75 Å². The lowest BCUT2D eigenvalue weighted by Gasteiger charge is -2.22. The number of aliphatic hydroxyl groups is 1. The molecule has 2 N–H and O–H groups in total. The molecule has 1 aliphatic carbocycles. The number of amides is 1. The van der Waals surface area contributed by atoms with Gasteiger partial charge in [0.15, 0.2) is 6.61 Å². The Labute approximate surface area is 124 Å². The van der Waals surface area contributed by atoms with Crippen molar-refractivity contribution in [3.63, 3.8) is 0 Å². The summed E-state index contributed by atoms with van der Waals surface area (Å²) in [6, 6.07) is 5.26. The van der Waals surface area contributed by atoms with Gasteiger partial charge >= 0.3 is 0 Å². The van der Waals surface area contributed by atoms with Gasteiger partial charge in [-0.15, -0.1) is 0 Å². The molecule has 1 amide bonds. The highest BCUT2D eigenvalue weighted by Gasteiger charge is 2.16. The van der Waals surface area contributed by atoms with Crippen molar-refractivity contribution >= 4 is 17.5 Å². The van der Waals surface area contributed by atoms with Crippen molar-refractivity contribution in [2.45, 2.75) is 44.8 Å². The Kier molecular flexibility index (Phi) is 5.68. The number of halogens is 1. The minimum absolute atomic E-state index is 0.0366. The molecule has 1 saturated carbocycles. The Morgan fingerprint density at radius 1 is 1.35 bits per heavy atom. The normalized spacial score (nSPS) is 15.9. The summed E-state index contributed by atoms with van der Waals surface area (Å²) < 4.78 is 5.46. The van der Waals surface area contributed by atoms with E-state index in [1.54, 1.807) is 18.2 Å². The summed E-state index contributed by atoms with van der Waals surface area (Å²) in [5.41, 5.74) is 0.586. The summed E-state index contributed by atoms with van der Waals surface area (Å²) in [4.78, 5) is 11.8. The van der Waals surface area contributed by atoms with Gasteiger partial charge in [-0.2, -0.15) is 0 Å². The molecule has 110 valence electrons. The summed E-state index contributed by atoms with van der Waals surface area (Å²) in [6.07, 6.45) is 5.71. The van der Waals surface area contributed by atoms with Gasteiger partial charge in [0, 0.05) is 16.6 Å². The van der Waals surface area contributed by atoms with E-state index in [9.17, 15) is 9.90 Å². The minimum Gasteiger partial charge on any atom is -0.483 e. The smallest absolute Gasteiger partial charge is 0.258 e. The molecule has 2 rings (SSSR count). The third-order valence-corrected chi connectivity index (χ3v) is 3.76. The molecule has 4 nitrogen and oxygen atoms in total. The van der Waals surface area contributed by atoms with E-state index < -0.39 is 0 Å². The minimum atomic E-state index is -0.167. The standard InChI is InChI=1S/C15H20ClNO3/c16-12-6-7-14(11(8-12)9-18)20-10-15(19)17-13-4-2-1-3-5-13/h6-8,13,18H,1-5,9-10H2,(H,17,19). The van der Waals surface area contributed by atoms with Gasteiger partial charge in [0.2, 0.25) is 0 Å². The van der Waals surface area contributed by atoms with Gasteiger partial charge in [0.05, 0.1) is 6.61 Å². The second-order valence-electron chi connectivity index (χ2n) is 5.10. The van der Waals surface area contributed by atoms with E-state index in [1.165, 1.54) is 19.3 Å². The molecule has 1 aromatic carbocycles. The van der Waals surface area contributed by atoms with E-state index in [-0.39, 0.29) is 25.2 Å². The number of ether oxygens (including phenoxy) is 1. The van der Waals surface area contributed by atoms with Gasteiger partial charge in [-0.1, -0.05) is 30.9 Å². The number of benzene rings is 1. The first kappa shape index (κ1) is 15.1. The number of rotatable bonds is 5.